The Hall–Kier alpha value is -1.69. The van der Waals surface area contributed by atoms with Crippen LogP contribution in [0.25, 0.3) is 10.2 Å². The van der Waals surface area contributed by atoms with E-state index in [2.05, 4.69) is 10.1 Å². The van der Waals surface area contributed by atoms with Gasteiger partial charge in [0.15, 0.2) is 0 Å². The van der Waals surface area contributed by atoms with Crippen molar-refractivity contribution in [3.8, 4) is 0 Å². The van der Waals surface area contributed by atoms with Gasteiger partial charge in [-0.3, -0.25) is 4.79 Å². The van der Waals surface area contributed by atoms with Gasteiger partial charge in [-0.05, 0) is 38.2 Å². The average Bonchev–Trinajstić information content (AvgIpc) is 2.75. The maximum absolute atomic E-state index is 12.7. The molecule has 20 heavy (non-hydrogen) atoms. The van der Waals surface area contributed by atoms with Crippen molar-refractivity contribution in [2.45, 2.75) is 32.6 Å². The Labute approximate surface area is 121 Å². The van der Waals surface area contributed by atoms with E-state index >= 15 is 0 Å². The predicted octanol–water partition coefficient (Wildman–Crippen LogP) is 2.00. The molecule has 3 rings (SSSR count). The second-order valence-electron chi connectivity index (χ2n) is 5.36. The van der Waals surface area contributed by atoms with E-state index in [1.165, 1.54) is 21.5 Å². The fourth-order valence-corrected chi connectivity index (χ4v) is 3.89. The largest absolute Gasteiger partial charge is 0.367 e. The molecule has 2 aromatic heterocycles. The normalized spacial score (nSPS) is 14.9. The number of nitrogens with zero attached hydrogens (tertiary/aromatic N) is 4. The summed E-state index contributed by atoms with van der Waals surface area (Å²) in [5, 5.41) is 5.01. The minimum atomic E-state index is -0.0370. The van der Waals surface area contributed by atoms with Crippen molar-refractivity contribution in [2.24, 2.45) is 5.10 Å². The molecule has 1 aliphatic carbocycles. The van der Waals surface area contributed by atoms with E-state index in [1.54, 1.807) is 22.6 Å². The summed E-state index contributed by atoms with van der Waals surface area (Å²) < 4.78 is 1.41. The van der Waals surface area contributed by atoms with E-state index < -0.39 is 0 Å². The number of fused-ring (bicyclic) bond motifs is 3. The number of aromatic nitrogens is 2. The van der Waals surface area contributed by atoms with Crippen LogP contribution >= 0.6 is 11.3 Å². The molecule has 0 saturated carbocycles. The van der Waals surface area contributed by atoms with Gasteiger partial charge in [0.1, 0.15) is 17.0 Å². The Kier molecular flexibility index (Phi) is 3.33. The summed E-state index contributed by atoms with van der Waals surface area (Å²) in [5.41, 5.74) is 1.17. The SMILES string of the molecule is Cc1nc2sc3c(c2c(=O)n1/N=C\N(C)C)CCCC3. The molecule has 0 atom stereocenters. The summed E-state index contributed by atoms with van der Waals surface area (Å²) in [6.45, 7) is 1.83. The van der Waals surface area contributed by atoms with Crippen molar-refractivity contribution < 1.29 is 0 Å². The van der Waals surface area contributed by atoms with Crippen LogP contribution in [0, 0.1) is 6.92 Å². The maximum atomic E-state index is 12.7. The Morgan fingerprint density at radius 1 is 1.35 bits per heavy atom. The van der Waals surface area contributed by atoms with Crippen LogP contribution in [-0.2, 0) is 12.8 Å². The van der Waals surface area contributed by atoms with Crippen LogP contribution in [0.2, 0.25) is 0 Å². The lowest BCUT2D eigenvalue weighted by molar-refractivity contribution is 0.626. The zero-order valence-electron chi connectivity index (χ0n) is 12.0. The van der Waals surface area contributed by atoms with Crippen molar-refractivity contribution >= 4 is 27.9 Å². The van der Waals surface area contributed by atoms with Crippen LogP contribution < -0.4 is 5.56 Å². The third kappa shape index (κ3) is 2.14. The Balaban J connectivity index is 2.25. The van der Waals surface area contributed by atoms with Crippen LogP contribution in [0.1, 0.15) is 29.1 Å². The molecule has 0 bridgehead atoms. The molecule has 1 aliphatic rings. The summed E-state index contributed by atoms with van der Waals surface area (Å²) in [5.74, 6) is 0.638. The van der Waals surface area contributed by atoms with Gasteiger partial charge in [-0.1, -0.05) is 0 Å². The monoisotopic (exact) mass is 290 g/mol. The van der Waals surface area contributed by atoms with E-state index in [9.17, 15) is 4.79 Å². The molecule has 0 aromatic carbocycles. The molecular formula is C14H18N4OS. The molecule has 0 fully saturated rings. The second-order valence-corrected chi connectivity index (χ2v) is 6.45. The Morgan fingerprint density at radius 3 is 2.85 bits per heavy atom. The fraction of sp³-hybridized carbons (Fsp3) is 0.500. The number of thiophene rings is 1. The minimum Gasteiger partial charge on any atom is -0.367 e. The maximum Gasteiger partial charge on any atom is 0.283 e. The quantitative estimate of drug-likeness (QED) is 0.628. The van der Waals surface area contributed by atoms with Crippen LogP contribution in [0.3, 0.4) is 0 Å². The first kappa shape index (κ1) is 13.3. The van der Waals surface area contributed by atoms with Crippen molar-refractivity contribution in [2.75, 3.05) is 14.1 Å². The van der Waals surface area contributed by atoms with Gasteiger partial charge < -0.3 is 4.90 Å². The van der Waals surface area contributed by atoms with Crippen molar-refractivity contribution in [3.63, 3.8) is 0 Å². The van der Waals surface area contributed by atoms with Gasteiger partial charge >= 0.3 is 0 Å². The van der Waals surface area contributed by atoms with Crippen LogP contribution in [-0.4, -0.2) is 35.0 Å². The van der Waals surface area contributed by atoms with Gasteiger partial charge in [-0.25, -0.2) is 4.98 Å². The summed E-state index contributed by atoms with van der Waals surface area (Å²) >= 11 is 1.67. The highest BCUT2D eigenvalue weighted by atomic mass is 32.1. The summed E-state index contributed by atoms with van der Waals surface area (Å²) in [4.78, 5) is 21.3. The fourth-order valence-electron chi connectivity index (χ4n) is 2.59. The highest BCUT2D eigenvalue weighted by Crippen LogP contribution is 2.33. The zero-order chi connectivity index (χ0) is 14.3. The smallest absolute Gasteiger partial charge is 0.283 e. The van der Waals surface area contributed by atoms with Gasteiger partial charge in [-0.15, -0.1) is 11.3 Å². The molecule has 0 radical (unpaired) electrons. The first-order chi connectivity index (χ1) is 9.58. The topological polar surface area (TPSA) is 50.5 Å². The standard InChI is InChI=1S/C14H18N4OS/c1-9-16-13-12(10-6-4-5-7-11(10)20-13)14(19)18(9)15-8-17(2)3/h8H,4-7H2,1-3H3/b15-8-. The summed E-state index contributed by atoms with van der Waals surface area (Å²) in [6, 6.07) is 0. The number of aryl methyl sites for hydroxylation is 3. The highest BCUT2D eigenvalue weighted by Gasteiger charge is 2.20. The van der Waals surface area contributed by atoms with Gasteiger partial charge in [0.25, 0.3) is 5.56 Å². The van der Waals surface area contributed by atoms with Crippen LogP contribution in [0.4, 0.5) is 0 Å². The summed E-state index contributed by atoms with van der Waals surface area (Å²) in [7, 11) is 3.75. The van der Waals surface area contributed by atoms with Crippen molar-refractivity contribution in [1.82, 2.24) is 14.6 Å². The van der Waals surface area contributed by atoms with Gasteiger partial charge in [0.2, 0.25) is 0 Å². The van der Waals surface area contributed by atoms with Crippen LogP contribution in [0.5, 0.6) is 0 Å². The Bertz CT molecular complexity index is 742. The lowest BCUT2D eigenvalue weighted by atomic mass is 9.97. The first-order valence-electron chi connectivity index (χ1n) is 6.82. The first-order valence-corrected chi connectivity index (χ1v) is 7.64. The molecular weight excluding hydrogens is 272 g/mol. The minimum absolute atomic E-state index is 0.0370. The third-order valence-corrected chi connectivity index (χ3v) is 4.71. The molecule has 0 saturated heterocycles. The van der Waals surface area contributed by atoms with Crippen LogP contribution in [0.15, 0.2) is 9.90 Å². The van der Waals surface area contributed by atoms with Gasteiger partial charge in [-0.2, -0.15) is 9.78 Å². The predicted molar refractivity (Wildman–Crippen MR) is 82.8 cm³/mol. The lowest BCUT2D eigenvalue weighted by Crippen LogP contribution is -2.22. The zero-order valence-corrected chi connectivity index (χ0v) is 12.8. The molecule has 6 heteroatoms. The van der Waals surface area contributed by atoms with Crippen molar-refractivity contribution in [3.05, 3.63) is 26.6 Å². The second kappa shape index (κ2) is 5.01. The molecule has 0 N–H and O–H groups in total. The average molecular weight is 290 g/mol. The van der Waals surface area contributed by atoms with E-state index in [0.717, 1.165) is 29.5 Å². The Morgan fingerprint density at radius 2 is 2.10 bits per heavy atom. The number of hydrogen-bond acceptors (Lipinski definition) is 4. The van der Waals surface area contributed by atoms with Crippen molar-refractivity contribution in [1.29, 1.82) is 0 Å². The summed E-state index contributed by atoms with van der Waals surface area (Å²) in [6.07, 6.45) is 6.07. The molecule has 0 amide bonds. The van der Waals surface area contributed by atoms with E-state index in [-0.39, 0.29) is 5.56 Å². The molecule has 2 aromatic rings. The van der Waals surface area contributed by atoms with E-state index in [4.69, 9.17) is 0 Å². The van der Waals surface area contributed by atoms with E-state index in [0.29, 0.717) is 5.82 Å². The molecule has 0 spiro atoms. The molecule has 5 nitrogen and oxygen atoms in total. The van der Waals surface area contributed by atoms with E-state index in [1.807, 2.05) is 21.0 Å². The lowest BCUT2D eigenvalue weighted by Gasteiger charge is -2.10. The number of rotatable bonds is 2. The highest BCUT2D eigenvalue weighted by molar-refractivity contribution is 7.18. The molecule has 0 unspecified atom stereocenters. The van der Waals surface area contributed by atoms with Gasteiger partial charge in [0.05, 0.1) is 5.39 Å². The molecule has 2 heterocycles. The number of hydrogen-bond donors (Lipinski definition) is 0. The third-order valence-electron chi connectivity index (χ3n) is 3.53. The van der Waals surface area contributed by atoms with Gasteiger partial charge in [0, 0.05) is 19.0 Å². The molecule has 106 valence electrons. The molecule has 0 aliphatic heterocycles.